The maximum atomic E-state index is 11.9. The second-order valence-electron chi connectivity index (χ2n) is 6.03. The van der Waals surface area contributed by atoms with Crippen molar-refractivity contribution in [3.05, 3.63) is 0 Å². The van der Waals surface area contributed by atoms with Crippen LogP contribution in [0.5, 0.6) is 0 Å². The number of amides is 1. The first-order valence-electron chi connectivity index (χ1n) is 6.62. The highest BCUT2D eigenvalue weighted by molar-refractivity contribution is 5.78. The van der Waals surface area contributed by atoms with Crippen LogP contribution in [-0.2, 0) is 4.79 Å². The molecule has 1 aliphatic rings. The van der Waals surface area contributed by atoms with Crippen LogP contribution < -0.4 is 10.6 Å². The lowest BCUT2D eigenvalue weighted by molar-refractivity contribution is -0.123. The van der Waals surface area contributed by atoms with Gasteiger partial charge in [-0.2, -0.15) is 0 Å². The summed E-state index contributed by atoms with van der Waals surface area (Å²) in [5.74, 6) is 0.148. The number of rotatable bonds is 3. The van der Waals surface area contributed by atoms with Crippen molar-refractivity contribution in [1.82, 2.24) is 15.5 Å². The summed E-state index contributed by atoms with van der Waals surface area (Å²) in [6.07, 6.45) is 1.13. The lowest BCUT2D eigenvalue weighted by Gasteiger charge is -2.29. The quantitative estimate of drug-likeness (QED) is 0.769. The Balaban J connectivity index is 2.33. The zero-order valence-corrected chi connectivity index (χ0v) is 11.7. The number of carbonyl (C=O) groups excluding carboxylic acids is 1. The Morgan fingerprint density at radius 1 is 1.35 bits per heavy atom. The molecule has 0 radical (unpaired) electrons. The normalized spacial score (nSPS) is 20.7. The maximum absolute atomic E-state index is 11.9. The summed E-state index contributed by atoms with van der Waals surface area (Å²) in [6.45, 7) is 13.1. The van der Waals surface area contributed by atoms with Crippen LogP contribution in [0.1, 0.15) is 34.1 Å². The first kappa shape index (κ1) is 14.5. The van der Waals surface area contributed by atoms with Gasteiger partial charge in [0.25, 0.3) is 0 Å². The van der Waals surface area contributed by atoms with Crippen LogP contribution >= 0.6 is 0 Å². The molecule has 1 unspecified atom stereocenters. The van der Waals surface area contributed by atoms with Crippen molar-refractivity contribution in [3.63, 3.8) is 0 Å². The molecule has 0 aromatic carbocycles. The van der Waals surface area contributed by atoms with Crippen molar-refractivity contribution in [2.75, 3.05) is 32.7 Å². The Morgan fingerprint density at radius 3 is 2.71 bits per heavy atom. The standard InChI is InChI=1S/C13H27N3O/c1-11(13(2,3)4)15-12(17)10-16-8-5-6-14-7-9-16/h11,14H,5-10H2,1-4H3,(H,15,17). The zero-order valence-electron chi connectivity index (χ0n) is 11.7. The molecule has 4 nitrogen and oxygen atoms in total. The lowest BCUT2D eigenvalue weighted by Crippen LogP contribution is -2.46. The molecule has 1 rings (SSSR count). The number of hydrogen-bond acceptors (Lipinski definition) is 3. The van der Waals surface area contributed by atoms with Crippen molar-refractivity contribution in [2.24, 2.45) is 5.41 Å². The number of nitrogens with one attached hydrogen (secondary N) is 2. The van der Waals surface area contributed by atoms with Crippen molar-refractivity contribution in [1.29, 1.82) is 0 Å². The minimum atomic E-state index is 0.121. The van der Waals surface area contributed by atoms with Crippen LogP contribution in [0, 0.1) is 5.41 Å². The Labute approximate surface area is 105 Å². The first-order chi connectivity index (χ1) is 7.89. The van der Waals surface area contributed by atoms with Crippen molar-refractivity contribution in [2.45, 2.75) is 40.2 Å². The minimum absolute atomic E-state index is 0.121. The molecule has 1 aliphatic heterocycles. The summed E-state index contributed by atoms with van der Waals surface area (Å²) < 4.78 is 0. The smallest absolute Gasteiger partial charge is 0.234 e. The van der Waals surface area contributed by atoms with Crippen molar-refractivity contribution in [3.8, 4) is 0 Å². The van der Waals surface area contributed by atoms with Crippen LogP contribution in [0.4, 0.5) is 0 Å². The molecule has 4 heteroatoms. The Kier molecular flexibility index (Phi) is 5.40. The molecule has 0 aromatic heterocycles. The second kappa shape index (κ2) is 6.36. The molecule has 0 saturated carbocycles. The second-order valence-corrected chi connectivity index (χ2v) is 6.03. The maximum Gasteiger partial charge on any atom is 0.234 e. The van der Waals surface area contributed by atoms with Crippen LogP contribution in [0.25, 0.3) is 0 Å². The predicted octanol–water partition coefficient (Wildman–Crippen LogP) is 0.833. The SMILES string of the molecule is CC(NC(=O)CN1CCCNCC1)C(C)(C)C. The van der Waals surface area contributed by atoms with Crippen molar-refractivity contribution < 1.29 is 4.79 Å². The molecule has 1 fully saturated rings. The fraction of sp³-hybridized carbons (Fsp3) is 0.923. The molecule has 17 heavy (non-hydrogen) atoms. The Hall–Kier alpha value is -0.610. The van der Waals surface area contributed by atoms with E-state index in [9.17, 15) is 4.79 Å². The third kappa shape index (κ3) is 5.50. The summed E-state index contributed by atoms with van der Waals surface area (Å²) in [4.78, 5) is 14.1. The highest BCUT2D eigenvalue weighted by Crippen LogP contribution is 2.18. The third-order valence-corrected chi connectivity index (χ3v) is 3.48. The van der Waals surface area contributed by atoms with E-state index >= 15 is 0 Å². The topological polar surface area (TPSA) is 44.4 Å². The van der Waals surface area contributed by atoms with Gasteiger partial charge in [-0.05, 0) is 31.8 Å². The molecule has 1 atom stereocenters. The molecule has 1 heterocycles. The van der Waals surface area contributed by atoms with Gasteiger partial charge in [0.2, 0.25) is 5.91 Å². The van der Waals surface area contributed by atoms with Crippen LogP contribution in [-0.4, -0.2) is 49.6 Å². The van der Waals surface area contributed by atoms with Crippen molar-refractivity contribution >= 4 is 5.91 Å². The van der Waals surface area contributed by atoms with E-state index in [4.69, 9.17) is 0 Å². The van der Waals surface area contributed by atoms with Gasteiger partial charge in [0.15, 0.2) is 0 Å². The van der Waals surface area contributed by atoms with E-state index in [0.717, 1.165) is 32.6 Å². The highest BCUT2D eigenvalue weighted by atomic mass is 16.2. The number of hydrogen-bond donors (Lipinski definition) is 2. The van der Waals surface area contributed by atoms with Gasteiger partial charge in [0.05, 0.1) is 6.54 Å². The zero-order chi connectivity index (χ0) is 12.9. The molecule has 1 saturated heterocycles. The number of nitrogens with zero attached hydrogens (tertiary/aromatic N) is 1. The summed E-state index contributed by atoms with van der Waals surface area (Å²) in [7, 11) is 0. The molecule has 100 valence electrons. The van der Waals surface area contributed by atoms with E-state index in [0.29, 0.717) is 6.54 Å². The largest absolute Gasteiger partial charge is 0.352 e. The van der Waals surface area contributed by atoms with Crippen LogP contribution in [0.3, 0.4) is 0 Å². The van der Waals surface area contributed by atoms with Gasteiger partial charge in [-0.3, -0.25) is 9.69 Å². The molecule has 0 aromatic rings. The third-order valence-electron chi connectivity index (χ3n) is 3.48. The number of carbonyl (C=O) groups is 1. The van der Waals surface area contributed by atoms with E-state index in [2.05, 4.69) is 43.2 Å². The molecule has 1 amide bonds. The average molecular weight is 241 g/mol. The van der Waals surface area contributed by atoms with Gasteiger partial charge < -0.3 is 10.6 Å². The van der Waals surface area contributed by atoms with Gasteiger partial charge >= 0.3 is 0 Å². The summed E-state index contributed by atoms with van der Waals surface area (Å²) in [5.41, 5.74) is 0.121. The minimum Gasteiger partial charge on any atom is -0.352 e. The van der Waals surface area contributed by atoms with E-state index < -0.39 is 0 Å². The lowest BCUT2D eigenvalue weighted by atomic mass is 9.88. The van der Waals surface area contributed by atoms with E-state index in [1.165, 1.54) is 0 Å². The molecule has 0 aliphatic carbocycles. The van der Waals surface area contributed by atoms with Gasteiger partial charge in [-0.1, -0.05) is 20.8 Å². The predicted molar refractivity (Wildman–Crippen MR) is 71.0 cm³/mol. The Bertz CT molecular complexity index is 240. The summed E-state index contributed by atoms with van der Waals surface area (Å²) in [5, 5.41) is 6.43. The average Bonchev–Trinajstić information content (AvgIpc) is 2.44. The van der Waals surface area contributed by atoms with E-state index in [1.807, 2.05) is 0 Å². The van der Waals surface area contributed by atoms with Gasteiger partial charge in [-0.15, -0.1) is 0 Å². The molecular weight excluding hydrogens is 214 g/mol. The molecule has 0 spiro atoms. The monoisotopic (exact) mass is 241 g/mol. The highest BCUT2D eigenvalue weighted by Gasteiger charge is 2.22. The summed E-state index contributed by atoms with van der Waals surface area (Å²) >= 11 is 0. The molecular formula is C13H27N3O. The first-order valence-corrected chi connectivity index (χ1v) is 6.62. The fourth-order valence-electron chi connectivity index (χ4n) is 1.77. The Morgan fingerprint density at radius 2 is 2.06 bits per heavy atom. The fourth-order valence-corrected chi connectivity index (χ4v) is 1.77. The van der Waals surface area contributed by atoms with E-state index in [-0.39, 0.29) is 17.4 Å². The van der Waals surface area contributed by atoms with Crippen LogP contribution in [0.2, 0.25) is 0 Å². The van der Waals surface area contributed by atoms with Gasteiger partial charge in [0.1, 0.15) is 0 Å². The van der Waals surface area contributed by atoms with E-state index in [1.54, 1.807) is 0 Å². The molecule has 0 bridgehead atoms. The molecule has 2 N–H and O–H groups in total. The van der Waals surface area contributed by atoms with Crippen LogP contribution in [0.15, 0.2) is 0 Å². The summed E-state index contributed by atoms with van der Waals surface area (Å²) in [6, 6.07) is 0.208. The van der Waals surface area contributed by atoms with Gasteiger partial charge in [-0.25, -0.2) is 0 Å². The van der Waals surface area contributed by atoms with Gasteiger partial charge in [0, 0.05) is 19.1 Å².